The van der Waals surface area contributed by atoms with Gasteiger partial charge in [0.25, 0.3) is 5.92 Å². The molecule has 2 heterocycles. The van der Waals surface area contributed by atoms with E-state index in [-0.39, 0.29) is 30.5 Å². The van der Waals surface area contributed by atoms with Crippen molar-refractivity contribution in [2.24, 2.45) is 0 Å². The number of amides is 1. The number of morpholine rings is 1. The summed E-state index contributed by atoms with van der Waals surface area (Å²) in [4.78, 5) is 13.7. The number of hydrogen-bond acceptors (Lipinski definition) is 3. The van der Waals surface area contributed by atoms with E-state index in [1.54, 1.807) is 4.90 Å². The van der Waals surface area contributed by atoms with Crippen LogP contribution in [0.3, 0.4) is 0 Å². The number of alkyl halides is 2. The van der Waals surface area contributed by atoms with Gasteiger partial charge in [0, 0.05) is 19.5 Å². The zero-order valence-electron chi connectivity index (χ0n) is 10.5. The van der Waals surface area contributed by atoms with Crippen molar-refractivity contribution in [2.75, 3.05) is 19.6 Å². The second-order valence-corrected chi connectivity index (χ2v) is 4.99. The number of carbonyl (C=O) groups excluding carboxylic acids is 1. The van der Waals surface area contributed by atoms with Crippen LogP contribution in [0.2, 0.25) is 0 Å². The normalized spacial score (nSPS) is 35.1. The molecule has 7 heteroatoms. The Bertz CT molecular complexity index is 307. The molecule has 18 heavy (non-hydrogen) atoms. The van der Waals surface area contributed by atoms with Crippen molar-refractivity contribution in [1.29, 1.82) is 0 Å². The van der Waals surface area contributed by atoms with Crippen molar-refractivity contribution in [3.63, 3.8) is 0 Å². The standard InChI is InChI=1S/C11H18F2N2O2.ClH/c1-7-4-15(5-8(2)17-7)10(16)9-3-11(12,13)6-14-9;/h7-9,14H,3-6H2,1-2H3;1H. The second-order valence-electron chi connectivity index (χ2n) is 4.99. The van der Waals surface area contributed by atoms with Crippen molar-refractivity contribution < 1.29 is 18.3 Å². The highest BCUT2D eigenvalue weighted by molar-refractivity contribution is 5.85. The molecule has 2 rings (SSSR count). The molecule has 0 aromatic rings. The van der Waals surface area contributed by atoms with E-state index in [1.807, 2.05) is 13.8 Å². The summed E-state index contributed by atoms with van der Waals surface area (Å²) in [5.41, 5.74) is 0. The first-order valence-corrected chi connectivity index (χ1v) is 5.93. The van der Waals surface area contributed by atoms with E-state index in [1.165, 1.54) is 0 Å². The summed E-state index contributed by atoms with van der Waals surface area (Å²) >= 11 is 0. The molecule has 0 saturated carbocycles. The summed E-state index contributed by atoms with van der Waals surface area (Å²) in [6.45, 7) is 4.32. The Kier molecular flexibility index (Phi) is 4.91. The van der Waals surface area contributed by atoms with E-state index in [9.17, 15) is 13.6 Å². The fourth-order valence-corrected chi connectivity index (χ4v) is 2.47. The summed E-state index contributed by atoms with van der Waals surface area (Å²) in [6, 6.07) is -0.748. The molecule has 3 atom stereocenters. The molecule has 0 aromatic carbocycles. The molecule has 0 bridgehead atoms. The number of hydrogen-bond donors (Lipinski definition) is 1. The maximum Gasteiger partial charge on any atom is 0.262 e. The number of carbonyl (C=O) groups is 1. The van der Waals surface area contributed by atoms with E-state index in [4.69, 9.17) is 4.74 Å². The Morgan fingerprint density at radius 3 is 2.33 bits per heavy atom. The van der Waals surface area contributed by atoms with Gasteiger partial charge < -0.3 is 9.64 Å². The number of ether oxygens (including phenoxy) is 1. The van der Waals surface area contributed by atoms with E-state index in [2.05, 4.69) is 5.32 Å². The molecule has 4 nitrogen and oxygen atoms in total. The molecule has 2 aliphatic heterocycles. The summed E-state index contributed by atoms with van der Waals surface area (Å²) < 4.78 is 31.5. The quantitative estimate of drug-likeness (QED) is 0.782. The van der Waals surface area contributed by atoms with Crippen LogP contribution in [-0.4, -0.2) is 54.6 Å². The molecule has 0 radical (unpaired) electrons. The van der Waals surface area contributed by atoms with Crippen LogP contribution in [0.4, 0.5) is 8.78 Å². The lowest BCUT2D eigenvalue weighted by atomic mass is 10.1. The summed E-state index contributed by atoms with van der Waals surface area (Å²) in [6.07, 6.45) is -0.472. The van der Waals surface area contributed by atoms with Crippen molar-refractivity contribution in [2.45, 2.75) is 44.4 Å². The average Bonchev–Trinajstić information content (AvgIpc) is 2.56. The molecule has 0 aliphatic carbocycles. The van der Waals surface area contributed by atoms with Gasteiger partial charge in [-0.05, 0) is 13.8 Å². The Labute approximate surface area is 111 Å². The first kappa shape index (κ1) is 15.6. The Morgan fingerprint density at radius 2 is 1.89 bits per heavy atom. The Morgan fingerprint density at radius 1 is 1.33 bits per heavy atom. The predicted octanol–water partition coefficient (Wildman–Crippen LogP) is 1.04. The first-order valence-electron chi connectivity index (χ1n) is 5.93. The maximum absolute atomic E-state index is 13.0. The van der Waals surface area contributed by atoms with Gasteiger partial charge in [0.2, 0.25) is 5.91 Å². The number of rotatable bonds is 1. The van der Waals surface area contributed by atoms with Crippen LogP contribution in [-0.2, 0) is 9.53 Å². The van der Waals surface area contributed by atoms with Crippen molar-refractivity contribution >= 4 is 18.3 Å². The average molecular weight is 285 g/mol. The third-order valence-corrected chi connectivity index (χ3v) is 3.14. The largest absolute Gasteiger partial charge is 0.372 e. The van der Waals surface area contributed by atoms with E-state index in [0.717, 1.165) is 0 Å². The lowest BCUT2D eigenvalue weighted by Crippen LogP contribution is -2.53. The molecule has 2 fully saturated rings. The lowest BCUT2D eigenvalue weighted by molar-refractivity contribution is -0.145. The highest BCUT2D eigenvalue weighted by atomic mass is 35.5. The molecule has 2 saturated heterocycles. The van der Waals surface area contributed by atoms with Crippen LogP contribution in [0.15, 0.2) is 0 Å². The van der Waals surface area contributed by atoms with Gasteiger partial charge in [0.15, 0.2) is 0 Å². The maximum atomic E-state index is 13.0. The van der Waals surface area contributed by atoms with Crippen LogP contribution >= 0.6 is 12.4 Å². The van der Waals surface area contributed by atoms with Gasteiger partial charge in [0.1, 0.15) is 0 Å². The van der Waals surface area contributed by atoms with Gasteiger partial charge in [-0.15, -0.1) is 12.4 Å². The van der Waals surface area contributed by atoms with Gasteiger partial charge in [-0.3, -0.25) is 10.1 Å². The SMILES string of the molecule is CC1CN(C(=O)C2CC(F)(F)CN2)CC(C)O1.Cl. The summed E-state index contributed by atoms with van der Waals surface area (Å²) in [7, 11) is 0. The highest BCUT2D eigenvalue weighted by Gasteiger charge is 2.44. The van der Waals surface area contributed by atoms with Gasteiger partial charge in [-0.1, -0.05) is 0 Å². The smallest absolute Gasteiger partial charge is 0.262 e. The number of halogens is 3. The Hall–Kier alpha value is -0.460. The molecular weight excluding hydrogens is 266 g/mol. The molecule has 0 aromatic heterocycles. The van der Waals surface area contributed by atoms with Gasteiger partial charge in [-0.2, -0.15) is 0 Å². The minimum absolute atomic E-state index is 0. The zero-order chi connectivity index (χ0) is 12.6. The summed E-state index contributed by atoms with van der Waals surface area (Å²) in [5.74, 6) is -2.99. The Balaban J connectivity index is 0.00000162. The van der Waals surface area contributed by atoms with E-state index < -0.39 is 24.9 Å². The minimum Gasteiger partial charge on any atom is -0.372 e. The molecule has 1 N–H and O–H groups in total. The van der Waals surface area contributed by atoms with Crippen molar-refractivity contribution in [3.8, 4) is 0 Å². The van der Waals surface area contributed by atoms with E-state index in [0.29, 0.717) is 13.1 Å². The van der Waals surface area contributed by atoms with Crippen LogP contribution in [0, 0.1) is 0 Å². The summed E-state index contributed by atoms with van der Waals surface area (Å²) in [5, 5.41) is 2.59. The molecule has 2 aliphatic rings. The van der Waals surface area contributed by atoms with Crippen LogP contribution in [0.1, 0.15) is 20.3 Å². The van der Waals surface area contributed by atoms with E-state index >= 15 is 0 Å². The fraction of sp³-hybridized carbons (Fsp3) is 0.909. The topological polar surface area (TPSA) is 41.6 Å². The van der Waals surface area contributed by atoms with Crippen LogP contribution in [0.5, 0.6) is 0 Å². The lowest BCUT2D eigenvalue weighted by Gasteiger charge is -2.36. The monoisotopic (exact) mass is 284 g/mol. The minimum atomic E-state index is -2.76. The second kappa shape index (κ2) is 5.67. The van der Waals surface area contributed by atoms with Crippen molar-refractivity contribution in [3.05, 3.63) is 0 Å². The van der Waals surface area contributed by atoms with Gasteiger partial charge in [0.05, 0.1) is 24.8 Å². The van der Waals surface area contributed by atoms with Crippen LogP contribution < -0.4 is 5.32 Å². The van der Waals surface area contributed by atoms with Gasteiger partial charge >= 0.3 is 0 Å². The zero-order valence-corrected chi connectivity index (χ0v) is 11.3. The van der Waals surface area contributed by atoms with Gasteiger partial charge in [-0.25, -0.2) is 8.78 Å². The first-order chi connectivity index (χ1) is 7.87. The molecule has 1 amide bonds. The molecular formula is C11H19ClF2N2O2. The molecule has 0 spiro atoms. The van der Waals surface area contributed by atoms with Crippen molar-refractivity contribution in [1.82, 2.24) is 10.2 Å². The number of nitrogens with one attached hydrogen (secondary N) is 1. The number of nitrogens with zero attached hydrogens (tertiary/aromatic N) is 1. The highest BCUT2D eigenvalue weighted by Crippen LogP contribution is 2.26. The third kappa shape index (κ3) is 3.52. The molecule has 106 valence electrons. The molecule has 3 unspecified atom stereocenters. The fourth-order valence-electron chi connectivity index (χ4n) is 2.47. The predicted molar refractivity (Wildman–Crippen MR) is 65.2 cm³/mol. The van der Waals surface area contributed by atoms with Crippen LogP contribution in [0.25, 0.3) is 0 Å². The third-order valence-electron chi connectivity index (χ3n) is 3.14.